The minimum atomic E-state index is -2.16. The van der Waals surface area contributed by atoms with Gasteiger partial charge >= 0.3 is 0 Å². The molecular weight excluding hydrogens is 304 g/mol. The van der Waals surface area contributed by atoms with Crippen LogP contribution >= 0.6 is 0 Å². The second-order valence-electron chi connectivity index (χ2n) is 4.59. The van der Waals surface area contributed by atoms with E-state index in [1.165, 1.54) is 0 Å². The molecule has 124 valence electrons. The van der Waals surface area contributed by atoms with Gasteiger partial charge in [-0.15, -0.1) is 0 Å². The van der Waals surface area contributed by atoms with E-state index >= 15 is 0 Å². The lowest BCUT2D eigenvalue weighted by molar-refractivity contribution is -0.149. The molecule has 1 amide bonds. The van der Waals surface area contributed by atoms with Crippen LogP contribution in [0.3, 0.4) is 0 Å². The van der Waals surface area contributed by atoms with Gasteiger partial charge in [-0.1, -0.05) is 6.07 Å². The van der Waals surface area contributed by atoms with Gasteiger partial charge in [0.15, 0.2) is 6.10 Å². The van der Waals surface area contributed by atoms with Gasteiger partial charge in [-0.2, -0.15) is 0 Å². The topological polar surface area (TPSA) is 130 Å². The van der Waals surface area contributed by atoms with Crippen LogP contribution < -0.4 is 5.32 Å². The highest BCUT2D eigenvalue weighted by Crippen LogP contribution is 2.12. The quantitative estimate of drug-likeness (QED) is 0.345. The number of benzene rings is 1. The molecule has 0 aliphatic carbocycles. The monoisotopic (exact) mass is 321 g/mol. The van der Waals surface area contributed by atoms with Gasteiger partial charge in [-0.05, 0) is 12.1 Å². The first-order chi connectivity index (χ1) is 10.3. The van der Waals surface area contributed by atoms with E-state index in [-0.39, 0.29) is 0 Å². The zero-order valence-corrected chi connectivity index (χ0v) is 11.4. The molecule has 0 spiro atoms. The van der Waals surface area contributed by atoms with E-state index in [1.54, 1.807) is 0 Å². The number of aliphatic hydroxyl groups excluding tert-OH is 5. The molecule has 0 unspecified atom stereocenters. The van der Waals surface area contributed by atoms with Crippen molar-refractivity contribution in [1.29, 1.82) is 0 Å². The van der Waals surface area contributed by atoms with Crippen molar-refractivity contribution in [3.63, 3.8) is 0 Å². The van der Waals surface area contributed by atoms with Crippen LogP contribution in [0.5, 0.6) is 0 Å². The number of aliphatic hydroxyl groups is 5. The van der Waals surface area contributed by atoms with Crippen LogP contribution in [0.15, 0.2) is 18.2 Å². The molecule has 1 rings (SSSR count). The second kappa shape index (κ2) is 8.11. The Morgan fingerprint density at radius 2 is 1.64 bits per heavy atom. The van der Waals surface area contributed by atoms with Crippen molar-refractivity contribution in [1.82, 2.24) is 5.32 Å². The summed E-state index contributed by atoms with van der Waals surface area (Å²) in [5.41, 5.74) is -0.437. The molecule has 0 aliphatic rings. The molecule has 6 N–H and O–H groups in total. The van der Waals surface area contributed by atoms with Gasteiger partial charge in [0.2, 0.25) is 0 Å². The average molecular weight is 321 g/mol. The van der Waals surface area contributed by atoms with Gasteiger partial charge in [0, 0.05) is 12.1 Å². The Kier molecular flexibility index (Phi) is 6.78. The van der Waals surface area contributed by atoms with Crippen molar-refractivity contribution in [2.45, 2.75) is 31.0 Å². The summed E-state index contributed by atoms with van der Waals surface area (Å²) in [4.78, 5) is 11.6. The molecule has 4 atom stereocenters. The molecule has 0 aromatic heterocycles. The standard InChI is InChI=1S/C13H17F2NO6/c14-7-2-1-3-8(15)6(7)4-16-13(22)12(21)11(20)10(19)9(18)5-17/h1-3,9-12,17-21H,4-5H2,(H,16,22)/t9-,10-,11+,12-/m1/s1. The van der Waals surface area contributed by atoms with E-state index in [0.717, 1.165) is 18.2 Å². The third kappa shape index (κ3) is 4.42. The maximum atomic E-state index is 13.3. The lowest BCUT2D eigenvalue weighted by atomic mass is 10.0. The number of hydrogen-bond donors (Lipinski definition) is 6. The molecule has 22 heavy (non-hydrogen) atoms. The first-order valence-electron chi connectivity index (χ1n) is 6.33. The molecule has 0 aliphatic heterocycles. The summed E-state index contributed by atoms with van der Waals surface area (Å²) in [5.74, 6) is -3.00. The number of rotatable bonds is 7. The summed E-state index contributed by atoms with van der Waals surface area (Å²) in [5, 5.41) is 48.1. The lowest BCUT2D eigenvalue weighted by Crippen LogP contribution is -2.51. The van der Waals surface area contributed by atoms with Gasteiger partial charge in [0.1, 0.15) is 29.9 Å². The van der Waals surface area contributed by atoms with Gasteiger partial charge < -0.3 is 30.8 Å². The van der Waals surface area contributed by atoms with Crippen molar-refractivity contribution in [2.75, 3.05) is 6.61 Å². The Balaban J connectivity index is 2.65. The first-order valence-corrected chi connectivity index (χ1v) is 6.33. The second-order valence-corrected chi connectivity index (χ2v) is 4.59. The fourth-order valence-corrected chi connectivity index (χ4v) is 1.66. The zero-order valence-electron chi connectivity index (χ0n) is 11.4. The van der Waals surface area contributed by atoms with Gasteiger partial charge in [-0.3, -0.25) is 4.79 Å². The SMILES string of the molecule is O=C(NCc1c(F)cccc1F)[C@H](O)[C@@H](O)[C@H](O)[C@H](O)CO. The Morgan fingerprint density at radius 1 is 1.09 bits per heavy atom. The van der Waals surface area contributed by atoms with Crippen LogP contribution in [0.2, 0.25) is 0 Å². The normalized spacial score (nSPS) is 16.7. The minimum Gasteiger partial charge on any atom is -0.394 e. The highest BCUT2D eigenvalue weighted by Gasteiger charge is 2.34. The molecule has 0 bridgehead atoms. The third-order valence-corrected chi connectivity index (χ3v) is 3.02. The van der Waals surface area contributed by atoms with Gasteiger partial charge in [-0.25, -0.2) is 8.78 Å². The summed E-state index contributed by atoms with van der Waals surface area (Å²) in [7, 11) is 0. The number of halogens is 2. The molecule has 0 radical (unpaired) electrons. The molecular formula is C13H17F2NO6. The molecule has 1 aromatic rings. The van der Waals surface area contributed by atoms with E-state index < -0.39 is 60.7 Å². The van der Waals surface area contributed by atoms with Crippen molar-refractivity contribution < 1.29 is 39.1 Å². The number of nitrogens with one attached hydrogen (secondary N) is 1. The Hall–Kier alpha value is -1.65. The summed E-state index contributed by atoms with van der Waals surface area (Å²) >= 11 is 0. The summed E-state index contributed by atoms with van der Waals surface area (Å²) < 4.78 is 26.7. The van der Waals surface area contributed by atoms with Crippen molar-refractivity contribution in [2.24, 2.45) is 0 Å². The predicted octanol–water partition coefficient (Wildman–Crippen LogP) is -1.98. The highest BCUT2D eigenvalue weighted by atomic mass is 19.1. The van der Waals surface area contributed by atoms with Crippen LogP contribution in [0, 0.1) is 11.6 Å². The van der Waals surface area contributed by atoms with E-state index in [9.17, 15) is 28.9 Å². The fraction of sp³-hybridized carbons (Fsp3) is 0.462. The van der Waals surface area contributed by atoms with E-state index in [1.807, 2.05) is 5.32 Å². The molecule has 1 aromatic carbocycles. The van der Waals surface area contributed by atoms with Crippen LogP contribution in [0.25, 0.3) is 0 Å². The summed E-state index contributed by atoms with van der Waals surface area (Å²) in [6, 6.07) is 3.11. The van der Waals surface area contributed by atoms with Crippen LogP contribution in [0.4, 0.5) is 8.78 Å². The molecule has 9 heteroatoms. The van der Waals surface area contributed by atoms with Gasteiger partial charge in [0.05, 0.1) is 6.61 Å². The largest absolute Gasteiger partial charge is 0.394 e. The van der Waals surface area contributed by atoms with E-state index in [0.29, 0.717) is 0 Å². The van der Waals surface area contributed by atoms with E-state index in [4.69, 9.17) is 10.2 Å². The Labute approximate surface area is 124 Å². The maximum Gasteiger partial charge on any atom is 0.251 e. The van der Waals surface area contributed by atoms with Crippen molar-refractivity contribution in [3.05, 3.63) is 35.4 Å². The van der Waals surface area contributed by atoms with Crippen LogP contribution in [-0.2, 0) is 11.3 Å². The first kappa shape index (κ1) is 18.4. The molecule has 0 saturated carbocycles. The minimum absolute atomic E-state index is 0.437. The van der Waals surface area contributed by atoms with Gasteiger partial charge in [0.25, 0.3) is 5.91 Å². The molecule has 0 heterocycles. The predicted molar refractivity (Wildman–Crippen MR) is 69.3 cm³/mol. The fourth-order valence-electron chi connectivity index (χ4n) is 1.66. The van der Waals surface area contributed by atoms with Crippen LogP contribution in [0.1, 0.15) is 5.56 Å². The molecule has 0 saturated heterocycles. The molecule has 0 fully saturated rings. The van der Waals surface area contributed by atoms with Crippen LogP contribution in [-0.4, -0.2) is 62.5 Å². The zero-order chi connectivity index (χ0) is 16.9. The number of carbonyl (C=O) groups excluding carboxylic acids is 1. The number of hydrogen-bond acceptors (Lipinski definition) is 6. The van der Waals surface area contributed by atoms with Crippen molar-refractivity contribution in [3.8, 4) is 0 Å². The summed E-state index contributed by atoms with van der Waals surface area (Å²) in [6.07, 6.45) is -7.99. The average Bonchev–Trinajstić information content (AvgIpc) is 2.51. The third-order valence-electron chi connectivity index (χ3n) is 3.02. The maximum absolute atomic E-state index is 13.3. The Morgan fingerprint density at radius 3 is 2.14 bits per heavy atom. The van der Waals surface area contributed by atoms with Crippen molar-refractivity contribution >= 4 is 5.91 Å². The summed E-state index contributed by atoms with van der Waals surface area (Å²) in [6.45, 7) is -1.48. The van der Waals surface area contributed by atoms with E-state index in [2.05, 4.69) is 0 Å². The smallest absolute Gasteiger partial charge is 0.251 e. The molecule has 7 nitrogen and oxygen atoms in total. The number of amides is 1. The lowest BCUT2D eigenvalue weighted by Gasteiger charge is -2.25. The Bertz CT molecular complexity index is 495. The number of carbonyl (C=O) groups is 1. The highest BCUT2D eigenvalue weighted by molar-refractivity contribution is 5.81.